The van der Waals surface area contributed by atoms with Gasteiger partial charge in [0.1, 0.15) is 0 Å². The van der Waals surface area contributed by atoms with Crippen LogP contribution < -0.4 is 0 Å². The van der Waals surface area contributed by atoms with Crippen molar-refractivity contribution >= 4 is 37.4 Å². The second kappa shape index (κ2) is 3.43. The van der Waals surface area contributed by atoms with Crippen molar-refractivity contribution in [2.45, 2.75) is 19.2 Å². The highest BCUT2D eigenvalue weighted by molar-refractivity contribution is 9.08. The highest BCUT2D eigenvalue weighted by Crippen LogP contribution is 2.31. The van der Waals surface area contributed by atoms with Crippen LogP contribution in [0.25, 0.3) is 10.1 Å². The van der Waals surface area contributed by atoms with Crippen LogP contribution in [-0.2, 0) is 5.33 Å². The first-order valence-electron chi connectivity index (χ1n) is 4.26. The molecule has 1 heterocycles. The Kier molecular flexibility index (Phi) is 2.43. The molecule has 0 fully saturated rings. The van der Waals surface area contributed by atoms with Crippen LogP contribution in [0, 0.1) is 13.8 Å². The fourth-order valence-corrected chi connectivity index (χ4v) is 3.67. The lowest BCUT2D eigenvalue weighted by Crippen LogP contribution is -1.86. The normalized spacial score (nSPS) is 11.0. The molecule has 0 radical (unpaired) electrons. The summed E-state index contributed by atoms with van der Waals surface area (Å²) in [5.41, 5.74) is 4.22. The Bertz CT molecular complexity index is 443. The van der Waals surface area contributed by atoms with Gasteiger partial charge < -0.3 is 0 Å². The lowest BCUT2D eigenvalue weighted by molar-refractivity contribution is 1.34. The minimum atomic E-state index is 0.954. The molecule has 0 bridgehead atoms. The van der Waals surface area contributed by atoms with Gasteiger partial charge in [-0.1, -0.05) is 22.0 Å². The second-order valence-corrected chi connectivity index (χ2v) is 4.76. The van der Waals surface area contributed by atoms with Crippen molar-refractivity contribution in [1.82, 2.24) is 0 Å². The number of hydrogen-bond acceptors (Lipinski definition) is 1. The maximum absolute atomic E-state index is 3.55. The largest absolute Gasteiger partial charge is 0.143 e. The molecule has 0 N–H and O–H groups in total. The van der Waals surface area contributed by atoms with Gasteiger partial charge in [-0.15, -0.1) is 11.3 Å². The minimum Gasteiger partial charge on any atom is -0.143 e. The van der Waals surface area contributed by atoms with E-state index in [-0.39, 0.29) is 0 Å². The number of hydrogen-bond donors (Lipinski definition) is 0. The van der Waals surface area contributed by atoms with Crippen molar-refractivity contribution in [2.75, 3.05) is 0 Å². The molecular formula is C11H11BrS. The van der Waals surface area contributed by atoms with E-state index < -0.39 is 0 Å². The number of benzene rings is 1. The van der Waals surface area contributed by atoms with Crippen LogP contribution >= 0.6 is 27.3 Å². The van der Waals surface area contributed by atoms with Gasteiger partial charge in [0.05, 0.1) is 0 Å². The fraction of sp³-hybridized carbons (Fsp3) is 0.273. The quantitative estimate of drug-likeness (QED) is 0.662. The zero-order chi connectivity index (χ0) is 9.42. The molecule has 13 heavy (non-hydrogen) atoms. The van der Waals surface area contributed by atoms with E-state index in [1.165, 1.54) is 26.8 Å². The number of rotatable bonds is 1. The van der Waals surface area contributed by atoms with Crippen molar-refractivity contribution in [3.63, 3.8) is 0 Å². The first-order valence-corrected chi connectivity index (χ1v) is 6.26. The van der Waals surface area contributed by atoms with Crippen molar-refractivity contribution < 1.29 is 0 Å². The summed E-state index contributed by atoms with van der Waals surface area (Å²) >= 11 is 5.38. The highest BCUT2D eigenvalue weighted by atomic mass is 79.9. The Morgan fingerprint density at radius 1 is 1.31 bits per heavy atom. The van der Waals surface area contributed by atoms with Crippen LogP contribution in [0.4, 0.5) is 0 Å². The first kappa shape index (κ1) is 9.22. The van der Waals surface area contributed by atoms with E-state index >= 15 is 0 Å². The Morgan fingerprint density at radius 3 is 2.77 bits per heavy atom. The van der Waals surface area contributed by atoms with Crippen LogP contribution in [-0.4, -0.2) is 0 Å². The SMILES string of the molecule is Cc1cc(C)c2ccsc2c1CBr. The molecule has 68 valence electrons. The predicted molar refractivity (Wildman–Crippen MR) is 63.9 cm³/mol. The monoisotopic (exact) mass is 254 g/mol. The van der Waals surface area contributed by atoms with E-state index in [9.17, 15) is 0 Å². The summed E-state index contributed by atoms with van der Waals surface area (Å²) in [6.45, 7) is 4.36. The van der Waals surface area contributed by atoms with Crippen molar-refractivity contribution in [1.29, 1.82) is 0 Å². The number of halogens is 1. The van der Waals surface area contributed by atoms with E-state index in [0.717, 1.165) is 5.33 Å². The van der Waals surface area contributed by atoms with Crippen LogP contribution in [0.2, 0.25) is 0 Å². The van der Waals surface area contributed by atoms with Crippen molar-refractivity contribution in [3.05, 3.63) is 34.2 Å². The third-order valence-corrected chi connectivity index (χ3v) is 3.94. The predicted octanol–water partition coefficient (Wildman–Crippen LogP) is 4.41. The molecule has 0 saturated carbocycles. The molecule has 0 nitrogen and oxygen atoms in total. The van der Waals surface area contributed by atoms with Gasteiger partial charge in [0.15, 0.2) is 0 Å². The van der Waals surface area contributed by atoms with E-state index in [1.807, 2.05) is 11.3 Å². The summed E-state index contributed by atoms with van der Waals surface area (Å²) in [6.07, 6.45) is 0. The summed E-state index contributed by atoms with van der Waals surface area (Å²) in [5.74, 6) is 0. The van der Waals surface area contributed by atoms with Crippen LogP contribution in [0.1, 0.15) is 16.7 Å². The number of alkyl halides is 1. The maximum atomic E-state index is 3.55. The minimum absolute atomic E-state index is 0.954. The number of thiophene rings is 1. The van der Waals surface area contributed by atoms with Gasteiger partial charge in [-0.25, -0.2) is 0 Å². The summed E-state index contributed by atoms with van der Waals surface area (Å²) < 4.78 is 1.44. The van der Waals surface area contributed by atoms with Crippen molar-refractivity contribution in [2.24, 2.45) is 0 Å². The van der Waals surface area contributed by atoms with Crippen LogP contribution in [0.15, 0.2) is 17.5 Å². The van der Waals surface area contributed by atoms with E-state index in [0.29, 0.717) is 0 Å². The molecule has 2 heteroatoms. The molecule has 0 spiro atoms. The molecule has 0 unspecified atom stereocenters. The van der Waals surface area contributed by atoms with Gasteiger partial charge in [-0.2, -0.15) is 0 Å². The molecular weight excluding hydrogens is 244 g/mol. The van der Waals surface area contributed by atoms with Gasteiger partial charge >= 0.3 is 0 Å². The molecule has 0 aliphatic rings. The summed E-state index contributed by atoms with van der Waals surface area (Å²) in [4.78, 5) is 0. The number of aryl methyl sites for hydroxylation is 2. The molecule has 0 saturated heterocycles. The van der Waals surface area contributed by atoms with Gasteiger partial charge in [0.25, 0.3) is 0 Å². The lowest BCUT2D eigenvalue weighted by Gasteiger charge is -2.06. The molecule has 2 aromatic rings. The molecule has 0 aliphatic heterocycles. The number of fused-ring (bicyclic) bond motifs is 1. The van der Waals surface area contributed by atoms with Crippen LogP contribution in [0.3, 0.4) is 0 Å². The third kappa shape index (κ3) is 1.42. The summed E-state index contributed by atoms with van der Waals surface area (Å²) in [5, 5.41) is 4.53. The van der Waals surface area contributed by atoms with E-state index in [1.54, 1.807) is 0 Å². The highest BCUT2D eigenvalue weighted by Gasteiger charge is 2.06. The van der Waals surface area contributed by atoms with Crippen LogP contribution in [0.5, 0.6) is 0 Å². The van der Waals surface area contributed by atoms with E-state index in [4.69, 9.17) is 0 Å². The van der Waals surface area contributed by atoms with Gasteiger partial charge in [0.2, 0.25) is 0 Å². The zero-order valence-corrected chi connectivity index (χ0v) is 10.1. The Hall–Kier alpha value is -0.340. The maximum Gasteiger partial charge on any atom is 0.0388 e. The first-order chi connectivity index (χ1) is 6.24. The standard InChI is InChI=1S/C11H11BrS/c1-7-5-8(2)10(6-12)11-9(7)3-4-13-11/h3-5H,6H2,1-2H3. The summed E-state index contributed by atoms with van der Waals surface area (Å²) in [7, 11) is 0. The Balaban J connectivity index is 2.88. The molecule has 1 aromatic heterocycles. The topological polar surface area (TPSA) is 0 Å². The Morgan fingerprint density at radius 2 is 2.08 bits per heavy atom. The fourth-order valence-electron chi connectivity index (χ4n) is 1.69. The molecule has 0 amide bonds. The molecule has 0 atom stereocenters. The average molecular weight is 255 g/mol. The molecule has 0 aliphatic carbocycles. The van der Waals surface area contributed by atoms with Gasteiger partial charge in [0, 0.05) is 10.0 Å². The Labute approximate surface area is 90.7 Å². The molecule has 2 rings (SSSR count). The third-order valence-electron chi connectivity index (χ3n) is 2.41. The van der Waals surface area contributed by atoms with E-state index in [2.05, 4.69) is 47.3 Å². The summed E-state index contributed by atoms with van der Waals surface area (Å²) in [6, 6.07) is 4.48. The van der Waals surface area contributed by atoms with Gasteiger partial charge in [-0.05, 0) is 47.4 Å². The van der Waals surface area contributed by atoms with Crippen molar-refractivity contribution in [3.8, 4) is 0 Å². The second-order valence-electron chi connectivity index (χ2n) is 3.29. The lowest BCUT2D eigenvalue weighted by atomic mass is 10.0. The average Bonchev–Trinajstić information content (AvgIpc) is 2.53. The van der Waals surface area contributed by atoms with Gasteiger partial charge in [-0.3, -0.25) is 0 Å². The molecule has 1 aromatic carbocycles. The smallest absolute Gasteiger partial charge is 0.0388 e. The zero-order valence-electron chi connectivity index (χ0n) is 7.73.